The van der Waals surface area contributed by atoms with Crippen LogP contribution in [0, 0.1) is 5.92 Å². The minimum absolute atomic E-state index is 0.346. The largest absolute Gasteiger partial charge is 0.341 e. The number of carbonyl (C=O) groups excluding carboxylic acids is 2. The van der Waals surface area contributed by atoms with E-state index in [9.17, 15) is 9.59 Å². The van der Waals surface area contributed by atoms with Gasteiger partial charge in [-0.25, -0.2) is 9.97 Å². The minimum atomic E-state index is -0.368. The van der Waals surface area contributed by atoms with Crippen LogP contribution in [0.5, 0.6) is 0 Å². The standard InChI is InChI=1S/C21H23N5O2S/c27-19-18(29-21(28)25-19)13-17-6-10-23-20(24-17)26-11-7-15(8-12-26)3-1-4-16-5-2-9-22-14-16/h2,5-6,9-10,13-15H,1,3-4,7-8,11-12H2,(H,25,27,28)/b18-13-. The summed E-state index contributed by atoms with van der Waals surface area (Å²) in [4.78, 5) is 38.7. The number of piperidine rings is 1. The first-order chi connectivity index (χ1) is 14.2. The number of nitrogens with one attached hydrogen (secondary N) is 1. The van der Waals surface area contributed by atoms with Gasteiger partial charge in [-0.2, -0.15) is 0 Å². The molecule has 150 valence electrons. The Morgan fingerprint density at radius 3 is 2.79 bits per heavy atom. The second-order valence-corrected chi connectivity index (χ2v) is 8.33. The maximum Gasteiger partial charge on any atom is 0.290 e. The van der Waals surface area contributed by atoms with Crippen LogP contribution < -0.4 is 10.2 Å². The van der Waals surface area contributed by atoms with Crippen molar-refractivity contribution in [2.45, 2.75) is 32.1 Å². The van der Waals surface area contributed by atoms with Crippen LogP contribution in [0.1, 0.15) is 36.9 Å². The topological polar surface area (TPSA) is 88.1 Å². The number of pyridine rings is 1. The molecule has 2 amide bonds. The van der Waals surface area contributed by atoms with Crippen molar-refractivity contribution in [1.29, 1.82) is 0 Å². The zero-order valence-electron chi connectivity index (χ0n) is 16.1. The van der Waals surface area contributed by atoms with Gasteiger partial charge < -0.3 is 4.90 Å². The van der Waals surface area contributed by atoms with Gasteiger partial charge in [-0.1, -0.05) is 6.07 Å². The first kappa shape index (κ1) is 19.6. The van der Waals surface area contributed by atoms with Crippen LogP contribution in [-0.4, -0.2) is 39.2 Å². The van der Waals surface area contributed by atoms with Crippen molar-refractivity contribution < 1.29 is 9.59 Å². The van der Waals surface area contributed by atoms with E-state index in [0.29, 0.717) is 16.5 Å². The molecular formula is C21H23N5O2S. The van der Waals surface area contributed by atoms with Crippen molar-refractivity contribution in [3.63, 3.8) is 0 Å². The monoisotopic (exact) mass is 409 g/mol. The third kappa shape index (κ3) is 5.20. The summed E-state index contributed by atoms with van der Waals surface area (Å²) in [6, 6.07) is 5.88. The number of imide groups is 1. The highest BCUT2D eigenvalue weighted by molar-refractivity contribution is 8.18. The molecule has 1 N–H and O–H groups in total. The SMILES string of the molecule is O=C1NC(=O)/C(=C/c2ccnc(N3CCC(CCCc4cccnc4)CC3)n2)S1. The highest BCUT2D eigenvalue weighted by atomic mass is 32.2. The molecule has 2 aromatic rings. The predicted molar refractivity (Wildman–Crippen MR) is 113 cm³/mol. The van der Waals surface area contributed by atoms with Crippen molar-refractivity contribution in [3.8, 4) is 0 Å². The molecule has 0 aliphatic carbocycles. The molecule has 4 rings (SSSR count). The molecule has 0 unspecified atom stereocenters. The molecule has 7 nitrogen and oxygen atoms in total. The van der Waals surface area contributed by atoms with Gasteiger partial charge in [-0.05, 0) is 73.6 Å². The van der Waals surface area contributed by atoms with Crippen LogP contribution in [0.4, 0.5) is 10.7 Å². The summed E-state index contributed by atoms with van der Waals surface area (Å²) in [7, 11) is 0. The van der Waals surface area contributed by atoms with Gasteiger partial charge >= 0.3 is 0 Å². The van der Waals surface area contributed by atoms with Crippen LogP contribution in [-0.2, 0) is 11.2 Å². The highest BCUT2D eigenvalue weighted by Crippen LogP contribution is 2.27. The average Bonchev–Trinajstić information content (AvgIpc) is 3.06. The van der Waals surface area contributed by atoms with Gasteiger partial charge in [0.2, 0.25) is 5.95 Å². The number of aryl methyl sites for hydroxylation is 1. The summed E-state index contributed by atoms with van der Waals surface area (Å²) in [5.74, 6) is 1.05. The third-order valence-electron chi connectivity index (χ3n) is 5.28. The maximum absolute atomic E-state index is 11.7. The Morgan fingerprint density at radius 1 is 1.21 bits per heavy atom. The van der Waals surface area contributed by atoms with E-state index in [1.165, 1.54) is 18.4 Å². The molecule has 2 saturated heterocycles. The summed E-state index contributed by atoms with van der Waals surface area (Å²) < 4.78 is 0. The van der Waals surface area contributed by atoms with Crippen LogP contribution in [0.15, 0.2) is 41.7 Å². The Morgan fingerprint density at radius 2 is 2.07 bits per heavy atom. The Kier molecular flexibility index (Phi) is 6.19. The van der Waals surface area contributed by atoms with Gasteiger partial charge in [0.1, 0.15) is 0 Å². The summed E-state index contributed by atoms with van der Waals surface area (Å²) in [5.41, 5.74) is 1.95. The minimum Gasteiger partial charge on any atom is -0.341 e. The molecule has 2 aromatic heterocycles. The smallest absolute Gasteiger partial charge is 0.290 e. The van der Waals surface area contributed by atoms with Crippen molar-refractivity contribution in [2.24, 2.45) is 5.92 Å². The van der Waals surface area contributed by atoms with Crippen LogP contribution in [0.3, 0.4) is 0 Å². The van der Waals surface area contributed by atoms with Gasteiger partial charge in [0.15, 0.2) is 0 Å². The Labute approximate surface area is 174 Å². The quantitative estimate of drug-likeness (QED) is 0.731. The van der Waals surface area contributed by atoms with Gasteiger partial charge in [-0.3, -0.25) is 19.9 Å². The number of rotatable bonds is 6. The lowest BCUT2D eigenvalue weighted by Crippen LogP contribution is -2.35. The fraction of sp³-hybridized carbons (Fsp3) is 0.381. The predicted octanol–water partition coefficient (Wildman–Crippen LogP) is 3.43. The van der Waals surface area contributed by atoms with Gasteiger partial charge in [0.25, 0.3) is 11.1 Å². The van der Waals surface area contributed by atoms with E-state index in [4.69, 9.17) is 0 Å². The van der Waals surface area contributed by atoms with Crippen LogP contribution >= 0.6 is 11.8 Å². The number of hydrogen-bond acceptors (Lipinski definition) is 7. The number of carbonyl (C=O) groups is 2. The average molecular weight is 410 g/mol. The number of nitrogens with zero attached hydrogens (tertiary/aromatic N) is 4. The van der Waals surface area contributed by atoms with Crippen LogP contribution in [0.25, 0.3) is 6.08 Å². The Bertz CT molecular complexity index is 910. The molecule has 0 atom stereocenters. The van der Waals surface area contributed by atoms with E-state index in [1.54, 1.807) is 18.3 Å². The lowest BCUT2D eigenvalue weighted by Gasteiger charge is -2.32. The van der Waals surface area contributed by atoms with Crippen LogP contribution in [0.2, 0.25) is 0 Å². The first-order valence-corrected chi connectivity index (χ1v) is 10.7. The molecule has 2 aliphatic rings. The van der Waals surface area contributed by atoms with Crippen molar-refractivity contribution in [1.82, 2.24) is 20.3 Å². The van der Waals surface area contributed by atoms with Crippen molar-refractivity contribution >= 4 is 34.9 Å². The van der Waals surface area contributed by atoms with Gasteiger partial charge in [-0.15, -0.1) is 0 Å². The Hall–Kier alpha value is -2.74. The molecule has 0 bridgehead atoms. The summed E-state index contributed by atoms with van der Waals surface area (Å²) in [6.07, 6.45) is 12.9. The molecule has 0 saturated carbocycles. The molecular weight excluding hydrogens is 386 g/mol. The zero-order valence-corrected chi connectivity index (χ0v) is 16.9. The Balaban J connectivity index is 1.29. The highest BCUT2D eigenvalue weighted by Gasteiger charge is 2.25. The molecule has 8 heteroatoms. The molecule has 2 fully saturated rings. The second-order valence-electron chi connectivity index (χ2n) is 7.32. The molecule has 0 spiro atoms. The fourth-order valence-corrected chi connectivity index (χ4v) is 4.38. The van der Waals surface area contributed by atoms with Crippen molar-refractivity contribution in [3.05, 3.63) is 53.0 Å². The lowest BCUT2D eigenvalue weighted by atomic mass is 9.91. The van der Waals surface area contributed by atoms with Gasteiger partial charge in [0, 0.05) is 31.7 Å². The van der Waals surface area contributed by atoms with E-state index in [-0.39, 0.29) is 11.1 Å². The lowest BCUT2D eigenvalue weighted by molar-refractivity contribution is -0.115. The van der Waals surface area contributed by atoms with E-state index < -0.39 is 0 Å². The number of aromatic nitrogens is 3. The maximum atomic E-state index is 11.7. The first-order valence-electron chi connectivity index (χ1n) is 9.89. The normalized spacial score (nSPS) is 19.0. The summed E-state index contributed by atoms with van der Waals surface area (Å²) in [6.45, 7) is 1.87. The summed E-state index contributed by atoms with van der Waals surface area (Å²) >= 11 is 0.900. The molecule has 0 radical (unpaired) electrons. The molecule has 4 heterocycles. The van der Waals surface area contributed by atoms with E-state index in [0.717, 1.165) is 50.0 Å². The fourth-order valence-electron chi connectivity index (χ4n) is 3.71. The van der Waals surface area contributed by atoms with E-state index in [1.807, 2.05) is 18.5 Å². The molecule has 0 aromatic carbocycles. The zero-order chi connectivity index (χ0) is 20.1. The van der Waals surface area contributed by atoms with Gasteiger partial charge in [0.05, 0.1) is 10.6 Å². The number of thioether (sulfide) groups is 1. The number of amides is 2. The number of hydrogen-bond donors (Lipinski definition) is 1. The molecule has 2 aliphatic heterocycles. The summed E-state index contributed by atoms with van der Waals surface area (Å²) in [5, 5.41) is 1.91. The van der Waals surface area contributed by atoms with E-state index in [2.05, 4.69) is 31.2 Å². The number of anilines is 1. The molecule has 29 heavy (non-hydrogen) atoms. The van der Waals surface area contributed by atoms with E-state index >= 15 is 0 Å². The van der Waals surface area contributed by atoms with Crippen molar-refractivity contribution in [2.75, 3.05) is 18.0 Å². The third-order valence-corrected chi connectivity index (χ3v) is 6.09. The second kappa shape index (κ2) is 9.17.